The number of carbonyl (C=O) groups excluding carboxylic acids is 1. The van der Waals surface area contributed by atoms with E-state index in [4.69, 9.17) is 0 Å². The molecule has 4 rings (SSSR count). The predicted molar refractivity (Wildman–Crippen MR) is 114 cm³/mol. The van der Waals surface area contributed by atoms with Crippen molar-refractivity contribution in [1.82, 2.24) is 19.2 Å². The van der Waals surface area contributed by atoms with E-state index in [1.807, 2.05) is 32.9 Å². The molecule has 158 valence electrons. The summed E-state index contributed by atoms with van der Waals surface area (Å²) in [6.07, 6.45) is 2.97. The van der Waals surface area contributed by atoms with Gasteiger partial charge in [0.05, 0.1) is 11.4 Å². The van der Waals surface area contributed by atoms with Crippen LogP contribution in [0.2, 0.25) is 0 Å². The molecular weight excluding hydrogens is 422 g/mol. The van der Waals surface area contributed by atoms with Gasteiger partial charge in [-0.25, -0.2) is 8.78 Å². The van der Waals surface area contributed by atoms with Gasteiger partial charge in [0.1, 0.15) is 0 Å². The van der Waals surface area contributed by atoms with Crippen LogP contribution in [-0.4, -0.2) is 30.7 Å². The van der Waals surface area contributed by atoms with Crippen molar-refractivity contribution < 1.29 is 13.6 Å². The minimum Gasteiger partial charge on any atom is -0.293 e. The van der Waals surface area contributed by atoms with Crippen molar-refractivity contribution in [2.45, 2.75) is 25.9 Å². The first kappa shape index (κ1) is 20.9. The number of halogens is 2. The Bertz CT molecular complexity index is 1390. The molecule has 4 aromatic rings. The Labute approximate surface area is 180 Å². The van der Waals surface area contributed by atoms with Crippen LogP contribution in [0.4, 0.5) is 8.78 Å². The summed E-state index contributed by atoms with van der Waals surface area (Å²) in [7, 11) is 0. The van der Waals surface area contributed by atoms with Gasteiger partial charge in [-0.15, -0.1) is 10.2 Å². The number of ketones is 1. The van der Waals surface area contributed by atoms with Crippen molar-refractivity contribution in [3.8, 4) is 5.69 Å². The predicted octanol–water partition coefficient (Wildman–Crippen LogP) is 4.06. The zero-order valence-electron chi connectivity index (χ0n) is 17.0. The molecule has 0 aliphatic rings. The molecule has 2 aromatic carbocycles. The summed E-state index contributed by atoms with van der Waals surface area (Å²) in [5, 5.41) is 8.32. The Hall–Kier alpha value is -3.33. The van der Waals surface area contributed by atoms with E-state index in [9.17, 15) is 18.4 Å². The highest BCUT2D eigenvalue weighted by atomic mass is 32.2. The Morgan fingerprint density at radius 1 is 0.968 bits per heavy atom. The van der Waals surface area contributed by atoms with Gasteiger partial charge < -0.3 is 0 Å². The van der Waals surface area contributed by atoms with Crippen LogP contribution in [0, 0.1) is 32.4 Å². The topological polar surface area (TPSA) is 69.3 Å². The quantitative estimate of drug-likeness (QED) is 0.346. The molecule has 0 unspecified atom stereocenters. The smallest absolute Gasteiger partial charge is 0.293 e. The molecule has 0 aliphatic carbocycles. The zero-order valence-corrected chi connectivity index (χ0v) is 17.8. The summed E-state index contributed by atoms with van der Waals surface area (Å²) in [6.45, 7) is 5.86. The highest BCUT2D eigenvalue weighted by Gasteiger charge is 2.16. The zero-order chi connectivity index (χ0) is 22.3. The molecule has 0 atom stereocenters. The second kappa shape index (κ2) is 8.07. The minimum atomic E-state index is -1.05. The molecule has 0 radical (unpaired) electrons. The van der Waals surface area contributed by atoms with Crippen molar-refractivity contribution in [3.63, 3.8) is 0 Å². The van der Waals surface area contributed by atoms with E-state index in [1.165, 1.54) is 28.4 Å². The molecule has 0 N–H and O–H groups in total. The van der Waals surface area contributed by atoms with Crippen molar-refractivity contribution in [2.24, 2.45) is 0 Å². The maximum atomic E-state index is 13.5. The van der Waals surface area contributed by atoms with E-state index in [-0.39, 0.29) is 22.9 Å². The number of hydrogen-bond donors (Lipinski definition) is 0. The Balaban J connectivity index is 1.61. The van der Waals surface area contributed by atoms with Gasteiger partial charge in [-0.1, -0.05) is 17.8 Å². The minimum absolute atomic E-state index is 0.0181. The van der Waals surface area contributed by atoms with Crippen LogP contribution in [0.3, 0.4) is 0 Å². The van der Waals surface area contributed by atoms with Gasteiger partial charge in [0.25, 0.3) is 0 Å². The molecule has 0 bridgehead atoms. The summed E-state index contributed by atoms with van der Waals surface area (Å²) >= 11 is 1.18. The molecular formula is C22H18F2N4O2S. The molecule has 0 saturated heterocycles. The molecule has 31 heavy (non-hydrogen) atoms. The van der Waals surface area contributed by atoms with Gasteiger partial charge in [0.2, 0.25) is 5.65 Å². The van der Waals surface area contributed by atoms with E-state index in [2.05, 4.69) is 10.2 Å². The molecule has 0 spiro atoms. The molecule has 2 aromatic heterocycles. The third-order valence-corrected chi connectivity index (χ3v) is 6.04. The second-order valence-corrected chi connectivity index (χ2v) is 8.15. The van der Waals surface area contributed by atoms with Gasteiger partial charge in [0.15, 0.2) is 22.6 Å². The lowest BCUT2D eigenvalue weighted by Crippen LogP contribution is -2.20. The monoisotopic (exact) mass is 440 g/mol. The van der Waals surface area contributed by atoms with Crippen molar-refractivity contribution in [1.29, 1.82) is 0 Å². The Morgan fingerprint density at radius 3 is 2.45 bits per heavy atom. The summed E-state index contributed by atoms with van der Waals surface area (Å²) in [4.78, 5) is 25.5. The Kier molecular flexibility index (Phi) is 5.45. The van der Waals surface area contributed by atoms with E-state index in [1.54, 1.807) is 6.20 Å². The van der Waals surface area contributed by atoms with Crippen LogP contribution in [0.15, 0.2) is 52.7 Å². The van der Waals surface area contributed by atoms with E-state index in [0.717, 1.165) is 33.4 Å². The van der Waals surface area contributed by atoms with Crippen LogP contribution in [0.25, 0.3) is 11.3 Å². The maximum Gasteiger partial charge on any atom is 0.300 e. The number of rotatable bonds is 5. The molecule has 2 heterocycles. The van der Waals surface area contributed by atoms with Crippen LogP contribution < -0.4 is 5.56 Å². The molecule has 9 heteroatoms. The third-order valence-electron chi connectivity index (χ3n) is 5.09. The lowest BCUT2D eigenvalue weighted by molar-refractivity contribution is 0.102. The van der Waals surface area contributed by atoms with Crippen molar-refractivity contribution >= 4 is 23.2 Å². The molecule has 6 nitrogen and oxygen atoms in total. The standard InChI is InChI=1S/C22H18F2N4O2S/c1-12-8-14(3)16(9-13(12)2)19(29)11-31-22-26-25-20-21(30)27(6-7-28(20)22)15-4-5-17(23)18(24)10-15/h4-10H,11H2,1-3H3. The first-order valence-corrected chi connectivity index (χ1v) is 10.4. The number of fused-ring (bicyclic) bond motifs is 1. The number of Topliss-reactive ketones (excluding diaryl/α,β-unsaturated/α-hetero) is 1. The number of carbonyl (C=O) groups is 1. The Morgan fingerprint density at radius 2 is 1.71 bits per heavy atom. The van der Waals surface area contributed by atoms with Crippen LogP contribution in [0.1, 0.15) is 27.0 Å². The third kappa shape index (κ3) is 3.88. The van der Waals surface area contributed by atoms with Gasteiger partial charge in [-0.2, -0.15) is 0 Å². The lowest BCUT2D eigenvalue weighted by atomic mass is 9.99. The molecule has 0 amide bonds. The van der Waals surface area contributed by atoms with E-state index >= 15 is 0 Å². The lowest BCUT2D eigenvalue weighted by Gasteiger charge is -2.09. The van der Waals surface area contributed by atoms with E-state index < -0.39 is 17.2 Å². The van der Waals surface area contributed by atoms with Crippen LogP contribution >= 0.6 is 11.8 Å². The summed E-state index contributed by atoms with van der Waals surface area (Å²) in [6, 6.07) is 7.06. The highest BCUT2D eigenvalue weighted by Crippen LogP contribution is 2.21. The number of thioether (sulfide) groups is 1. The van der Waals surface area contributed by atoms with Gasteiger partial charge in [-0.3, -0.25) is 18.6 Å². The van der Waals surface area contributed by atoms with Crippen LogP contribution in [0.5, 0.6) is 0 Å². The summed E-state index contributed by atoms with van der Waals surface area (Å²) in [5.41, 5.74) is 3.39. The number of benzene rings is 2. The van der Waals surface area contributed by atoms with Crippen molar-refractivity contribution in [2.75, 3.05) is 5.75 Å². The maximum absolute atomic E-state index is 13.5. The first-order valence-electron chi connectivity index (χ1n) is 9.42. The van der Waals surface area contributed by atoms with Gasteiger partial charge in [-0.05, 0) is 55.7 Å². The fourth-order valence-corrected chi connectivity index (χ4v) is 4.07. The average molecular weight is 440 g/mol. The number of nitrogens with zero attached hydrogens (tertiary/aromatic N) is 4. The summed E-state index contributed by atoms with van der Waals surface area (Å²) < 4.78 is 29.4. The number of aryl methyl sites for hydroxylation is 3. The SMILES string of the molecule is Cc1cc(C)c(C(=O)CSc2nnc3c(=O)n(-c4ccc(F)c(F)c4)ccn23)cc1C. The fourth-order valence-electron chi connectivity index (χ4n) is 3.27. The second-order valence-electron chi connectivity index (χ2n) is 7.21. The van der Waals surface area contributed by atoms with Gasteiger partial charge in [0, 0.05) is 24.0 Å². The normalized spacial score (nSPS) is 11.3. The van der Waals surface area contributed by atoms with Crippen molar-refractivity contribution in [3.05, 3.63) is 87.0 Å². The molecule has 0 fully saturated rings. The summed E-state index contributed by atoms with van der Waals surface area (Å²) in [5.74, 6) is -1.96. The van der Waals surface area contributed by atoms with Crippen LogP contribution in [-0.2, 0) is 0 Å². The molecule has 0 saturated carbocycles. The largest absolute Gasteiger partial charge is 0.300 e. The number of hydrogen-bond acceptors (Lipinski definition) is 5. The molecule has 0 aliphatic heterocycles. The first-order chi connectivity index (χ1) is 14.8. The number of aromatic nitrogens is 4. The fraction of sp³-hybridized carbons (Fsp3) is 0.182. The van der Waals surface area contributed by atoms with E-state index in [0.29, 0.717) is 10.7 Å². The highest BCUT2D eigenvalue weighted by molar-refractivity contribution is 7.99. The average Bonchev–Trinajstić information content (AvgIpc) is 3.15. The van der Waals surface area contributed by atoms with Gasteiger partial charge >= 0.3 is 5.56 Å².